The molecule has 0 bridgehead atoms. The van der Waals surface area contributed by atoms with Gasteiger partial charge in [0.2, 0.25) is 0 Å². The summed E-state index contributed by atoms with van der Waals surface area (Å²) >= 11 is 0. The highest BCUT2D eigenvalue weighted by molar-refractivity contribution is 5.77. The average molecular weight is 171 g/mol. The molecule has 1 atom stereocenters. The van der Waals surface area contributed by atoms with Crippen LogP contribution in [0.4, 0.5) is 0 Å². The van der Waals surface area contributed by atoms with Gasteiger partial charge in [-0.25, -0.2) is 0 Å². The molecule has 1 unspecified atom stereocenters. The second-order valence-electron chi connectivity index (χ2n) is 2.99. The summed E-state index contributed by atoms with van der Waals surface area (Å²) in [4.78, 5) is 4.20. The molecule has 4 nitrogen and oxygen atoms in total. The first kappa shape index (κ1) is 9.32. The van der Waals surface area contributed by atoms with Crippen LogP contribution in [0, 0.1) is 5.92 Å². The maximum atomic E-state index is 5.56. The summed E-state index contributed by atoms with van der Waals surface area (Å²) in [7, 11) is 0. The van der Waals surface area contributed by atoms with Crippen molar-refractivity contribution in [2.45, 2.75) is 13.3 Å². The van der Waals surface area contributed by atoms with E-state index < -0.39 is 0 Å². The van der Waals surface area contributed by atoms with Crippen molar-refractivity contribution >= 4 is 5.96 Å². The zero-order valence-corrected chi connectivity index (χ0v) is 7.55. The topological polar surface area (TPSA) is 59.6 Å². The summed E-state index contributed by atoms with van der Waals surface area (Å²) in [6.07, 6.45) is 1.11. The molecule has 3 N–H and O–H groups in total. The van der Waals surface area contributed by atoms with Crippen molar-refractivity contribution in [1.82, 2.24) is 5.32 Å². The van der Waals surface area contributed by atoms with Gasteiger partial charge in [0.1, 0.15) is 0 Å². The number of hydrogen-bond donors (Lipinski definition) is 2. The van der Waals surface area contributed by atoms with Crippen molar-refractivity contribution in [3.63, 3.8) is 0 Å². The summed E-state index contributed by atoms with van der Waals surface area (Å²) in [5.41, 5.74) is 5.56. The molecule has 1 heterocycles. The number of nitrogens with zero attached hydrogens (tertiary/aromatic N) is 1. The molecule has 0 aromatic carbocycles. The Morgan fingerprint density at radius 3 is 3.17 bits per heavy atom. The lowest BCUT2D eigenvalue weighted by Crippen LogP contribution is -2.31. The van der Waals surface area contributed by atoms with E-state index in [0.717, 1.165) is 32.7 Å². The highest BCUT2D eigenvalue weighted by atomic mass is 16.5. The van der Waals surface area contributed by atoms with Crippen LogP contribution in [0.2, 0.25) is 0 Å². The molecule has 1 fully saturated rings. The maximum absolute atomic E-state index is 5.56. The van der Waals surface area contributed by atoms with Crippen LogP contribution >= 0.6 is 0 Å². The zero-order valence-electron chi connectivity index (χ0n) is 7.55. The van der Waals surface area contributed by atoms with Crippen LogP contribution in [0.15, 0.2) is 4.99 Å². The third-order valence-corrected chi connectivity index (χ3v) is 1.90. The van der Waals surface area contributed by atoms with E-state index in [2.05, 4.69) is 10.3 Å². The van der Waals surface area contributed by atoms with Gasteiger partial charge in [-0.3, -0.25) is 4.99 Å². The van der Waals surface area contributed by atoms with E-state index in [0.29, 0.717) is 11.9 Å². The Morgan fingerprint density at radius 1 is 1.75 bits per heavy atom. The molecule has 1 saturated heterocycles. The number of nitrogens with one attached hydrogen (secondary N) is 1. The molecule has 0 aromatic rings. The van der Waals surface area contributed by atoms with Crippen LogP contribution in [-0.2, 0) is 4.74 Å². The fourth-order valence-corrected chi connectivity index (χ4v) is 1.19. The number of guanidine groups is 1. The molecule has 12 heavy (non-hydrogen) atoms. The van der Waals surface area contributed by atoms with Gasteiger partial charge < -0.3 is 15.8 Å². The first-order valence-electron chi connectivity index (χ1n) is 4.44. The molecule has 1 aliphatic heterocycles. The Labute approximate surface area is 73.2 Å². The van der Waals surface area contributed by atoms with Crippen molar-refractivity contribution in [2.75, 3.05) is 26.3 Å². The Balaban J connectivity index is 2.17. The van der Waals surface area contributed by atoms with E-state index in [9.17, 15) is 0 Å². The van der Waals surface area contributed by atoms with Crippen LogP contribution in [0.3, 0.4) is 0 Å². The predicted octanol–water partition coefficient (Wildman–Crippen LogP) is -0.0529. The van der Waals surface area contributed by atoms with Crippen LogP contribution < -0.4 is 11.1 Å². The van der Waals surface area contributed by atoms with Gasteiger partial charge in [-0.15, -0.1) is 0 Å². The Morgan fingerprint density at radius 2 is 2.58 bits per heavy atom. The second-order valence-corrected chi connectivity index (χ2v) is 2.99. The van der Waals surface area contributed by atoms with Gasteiger partial charge in [0.05, 0.1) is 6.61 Å². The van der Waals surface area contributed by atoms with Crippen molar-refractivity contribution in [3.8, 4) is 0 Å². The molecule has 4 heteroatoms. The second kappa shape index (κ2) is 4.98. The van der Waals surface area contributed by atoms with Crippen LogP contribution in [0.25, 0.3) is 0 Å². The van der Waals surface area contributed by atoms with E-state index in [1.165, 1.54) is 0 Å². The molecule has 0 radical (unpaired) electrons. The van der Waals surface area contributed by atoms with E-state index in [1.807, 2.05) is 6.92 Å². The van der Waals surface area contributed by atoms with Gasteiger partial charge >= 0.3 is 0 Å². The Hall–Kier alpha value is -0.770. The zero-order chi connectivity index (χ0) is 8.81. The number of hydrogen-bond acceptors (Lipinski definition) is 2. The lowest BCUT2D eigenvalue weighted by molar-refractivity contribution is 0.187. The van der Waals surface area contributed by atoms with Gasteiger partial charge in [0.25, 0.3) is 0 Å². The van der Waals surface area contributed by atoms with E-state index >= 15 is 0 Å². The monoisotopic (exact) mass is 171 g/mol. The minimum atomic E-state index is 0.546. The van der Waals surface area contributed by atoms with Crippen molar-refractivity contribution in [3.05, 3.63) is 0 Å². The van der Waals surface area contributed by atoms with Crippen molar-refractivity contribution in [1.29, 1.82) is 0 Å². The quantitative estimate of drug-likeness (QED) is 0.462. The summed E-state index contributed by atoms with van der Waals surface area (Å²) in [5.74, 6) is 1.12. The van der Waals surface area contributed by atoms with Gasteiger partial charge in [0.15, 0.2) is 5.96 Å². The summed E-state index contributed by atoms with van der Waals surface area (Å²) in [5, 5.41) is 2.96. The summed E-state index contributed by atoms with van der Waals surface area (Å²) in [6.45, 7) is 5.33. The molecule has 0 amide bonds. The Bertz CT molecular complexity index is 152. The summed E-state index contributed by atoms with van der Waals surface area (Å²) in [6, 6.07) is 0. The number of nitrogens with two attached hydrogens (primary N) is 1. The number of aliphatic imine (C=N–C) groups is 1. The van der Waals surface area contributed by atoms with E-state index in [4.69, 9.17) is 10.5 Å². The average Bonchev–Trinajstić information content (AvgIpc) is 2.53. The molecule has 0 aromatic heterocycles. The van der Waals surface area contributed by atoms with Crippen LogP contribution in [0.1, 0.15) is 13.3 Å². The minimum Gasteiger partial charge on any atom is -0.381 e. The van der Waals surface area contributed by atoms with Gasteiger partial charge in [0, 0.05) is 25.6 Å². The van der Waals surface area contributed by atoms with Crippen LogP contribution in [-0.4, -0.2) is 32.3 Å². The SMILES string of the molecule is CCNC(N)=NCC1CCOC1. The van der Waals surface area contributed by atoms with Crippen LogP contribution in [0.5, 0.6) is 0 Å². The highest BCUT2D eigenvalue weighted by Gasteiger charge is 2.14. The largest absolute Gasteiger partial charge is 0.381 e. The van der Waals surface area contributed by atoms with E-state index in [1.54, 1.807) is 0 Å². The molecular weight excluding hydrogens is 154 g/mol. The molecule has 70 valence electrons. The van der Waals surface area contributed by atoms with Gasteiger partial charge in [-0.1, -0.05) is 0 Å². The number of rotatable bonds is 3. The first-order valence-corrected chi connectivity index (χ1v) is 4.44. The fraction of sp³-hybridized carbons (Fsp3) is 0.875. The maximum Gasteiger partial charge on any atom is 0.188 e. The standard InChI is InChI=1S/C8H17N3O/c1-2-10-8(9)11-5-7-3-4-12-6-7/h7H,2-6H2,1H3,(H3,9,10,11). The highest BCUT2D eigenvalue weighted by Crippen LogP contribution is 2.11. The molecule has 1 rings (SSSR count). The molecule has 0 saturated carbocycles. The van der Waals surface area contributed by atoms with Gasteiger partial charge in [-0.05, 0) is 13.3 Å². The normalized spacial score (nSPS) is 24.4. The molecular formula is C8H17N3O. The molecule has 1 aliphatic rings. The Kier molecular flexibility index (Phi) is 3.87. The number of ether oxygens (including phenoxy) is 1. The lowest BCUT2D eigenvalue weighted by Gasteiger charge is -2.04. The lowest BCUT2D eigenvalue weighted by atomic mass is 10.1. The van der Waals surface area contributed by atoms with Crippen molar-refractivity contribution < 1.29 is 4.74 Å². The molecule has 0 spiro atoms. The summed E-state index contributed by atoms with van der Waals surface area (Å²) < 4.78 is 5.22. The van der Waals surface area contributed by atoms with Crippen molar-refractivity contribution in [2.24, 2.45) is 16.6 Å². The first-order chi connectivity index (χ1) is 5.83. The third-order valence-electron chi connectivity index (χ3n) is 1.90. The molecule has 0 aliphatic carbocycles. The smallest absolute Gasteiger partial charge is 0.188 e. The van der Waals surface area contributed by atoms with E-state index in [-0.39, 0.29) is 0 Å². The fourth-order valence-electron chi connectivity index (χ4n) is 1.19. The third kappa shape index (κ3) is 3.09. The minimum absolute atomic E-state index is 0.546. The van der Waals surface area contributed by atoms with Gasteiger partial charge in [-0.2, -0.15) is 0 Å². The predicted molar refractivity (Wildman–Crippen MR) is 49.1 cm³/mol.